The van der Waals surface area contributed by atoms with Gasteiger partial charge in [0.15, 0.2) is 0 Å². The minimum atomic E-state index is -0.112. The molecule has 0 radical (unpaired) electrons. The van der Waals surface area contributed by atoms with Crippen LogP contribution in [0.2, 0.25) is 0 Å². The molecule has 1 N–H and O–H groups in total. The number of amides is 2. The van der Waals surface area contributed by atoms with Gasteiger partial charge in [-0.3, -0.25) is 4.90 Å². The number of nitrogens with one attached hydrogen (secondary N) is 1. The lowest BCUT2D eigenvalue weighted by molar-refractivity contribution is 0.257. The predicted octanol–water partition coefficient (Wildman–Crippen LogP) is 4.90. The number of carbonyl (C=O) groups excluding carboxylic acids is 1. The second-order valence-electron chi connectivity index (χ2n) is 5.73. The van der Waals surface area contributed by atoms with Gasteiger partial charge in [0.25, 0.3) is 0 Å². The molecule has 4 nitrogen and oxygen atoms in total. The fourth-order valence-corrected chi connectivity index (χ4v) is 2.77. The van der Waals surface area contributed by atoms with E-state index in [4.69, 9.17) is 0 Å². The van der Waals surface area contributed by atoms with Crippen LogP contribution < -0.4 is 15.1 Å². The van der Waals surface area contributed by atoms with Gasteiger partial charge in [0.05, 0.1) is 0 Å². The first-order chi connectivity index (χ1) is 11.6. The first-order valence-corrected chi connectivity index (χ1v) is 8.59. The van der Waals surface area contributed by atoms with Crippen LogP contribution in [0.1, 0.15) is 26.3 Å². The quantitative estimate of drug-likeness (QED) is 0.820. The Balaban J connectivity index is 2.10. The standard InChI is InChI=1S/C20H27N3O/c1-5-22(6-2)18-13-11-17(12-14-18)21-20(24)23(7-3)19-10-8-9-16(4)15-19/h8-15H,5-7H2,1-4H3,(H,21,24). The molecule has 2 rings (SSSR count). The highest BCUT2D eigenvalue weighted by Gasteiger charge is 2.14. The molecule has 2 aromatic rings. The molecule has 2 amide bonds. The van der Waals surface area contributed by atoms with E-state index in [1.54, 1.807) is 4.90 Å². The maximum atomic E-state index is 12.6. The zero-order valence-electron chi connectivity index (χ0n) is 15.0. The van der Waals surface area contributed by atoms with Gasteiger partial charge in [-0.25, -0.2) is 4.79 Å². The topological polar surface area (TPSA) is 35.6 Å². The van der Waals surface area contributed by atoms with Crippen LogP contribution >= 0.6 is 0 Å². The lowest BCUT2D eigenvalue weighted by atomic mass is 10.2. The van der Waals surface area contributed by atoms with E-state index in [-0.39, 0.29) is 6.03 Å². The van der Waals surface area contributed by atoms with Crippen LogP contribution in [-0.2, 0) is 0 Å². The first kappa shape index (κ1) is 17.9. The van der Waals surface area contributed by atoms with Crippen LogP contribution in [0.5, 0.6) is 0 Å². The minimum absolute atomic E-state index is 0.112. The van der Waals surface area contributed by atoms with E-state index < -0.39 is 0 Å². The Morgan fingerprint density at radius 2 is 1.58 bits per heavy atom. The SMILES string of the molecule is CCN(CC)c1ccc(NC(=O)N(CC)c2cccc(C)c2)cc1. The Kier molecular flexibility index (Phi) is 6.24. The summed E-state index contributed by atoms with van der Waals surface area (Å²) in [6.45, 7) is 10.8. The maximum absolute atomic E-state index is 12.6. The molecule has 0 unspecified atom stereocenters. The number of aryl methyl sites for hydroxylation is 1. The molecule has 4 heteroatoms. The molecule has 0 heterocycles. The molecule has 0 aliphatic carbocycles. The maximum Gasteiger partial charge on any atom is 0.326 e. The summed E-state index contributed by atoms with van der Waals surface area (Å²) in [4.78, 5) is 16.6. The Labute approximate surface area is 145 Å². The van der Waals surface area contributed by atoms with Crippen LogP contribution in [0.4, 0.5) is 21.9 Å². The number of rotatable bonds is 6. The largest absolute Gasteiger partial charge is 0.372 e. The van der Waals surface area contributed by atoms with E-state index in [1.165, 1.54) is 5.69 Å². The molecule has 0 spiro atoms. The van der Waals surface area contributed by atoms with Crippen molar-refractivity contribution in [3.63, 3.8) is 0 Å². The predicted molar refractivity (Wildman–Crippen MR) is 103 cm³/mol. The van der Waals surface area contributed by atoms with E-state index in [0.717, 1.165) is 30.0 Å². The Hall–Kier alpha value is -2.49. The number of nitrogens with zero attached hydrogens (tertiary/aromatic N) is 2. The van der Waals surface area contributed by atoms with E-state index in [2.05, 4.69) is 24.1 Å². The van der Waals surface area contributed by atoms with Gasteiger partial charge in [-0.15, -0.1) is 0 Å². The molecular formula is C20H27N3O. The van der Waals surface area contributed by atoms with E-state index in [1.807, 2.05) is 62.4 Å². The van der Waals surface area contributed by atoms with Gasteiger partial charge in [-0.05, 0) is 69.7 Å². The molecule has 0 aromatic heterocycles. The van der Waals surface area contributed by atoms with Gasteiger partial charge in [0.2, 0.25) is 0 Å². The normalized spacial score (nSPS) is 10.3. The van der Waals surface area contributed by atoms with Gasteiger partial charge >= 0.3 is 6.03 Å². The first-order valence-electron chi connectivity index (χ1n) is 8.59. The van der Waals surface area contributed by atoms with Gasteiger partial charge < -0.3 is 10.2 Å². The van der Waals surface area contributed by atoms with Crippen molar-refractivity contribution in [2.24, 2.45) is 0 Å². The molecule has 0 aliphatic heterocycles. The van der Waals surface area contributed by atoms with E-state index >= 15 is 0 Å². The van der Waals surface area contributed by atoms with Crippen molar-refractivity contribution in [3.8, 4) is 0 Å². The fraction of sp³-hybridized carbons (Fsp3) is 0.350. The molecule has 0 saturated carbocycles. The smallest absolute Gasteiger partial charge is 0.326 e. The lowest BCUT2D eigenvalue weighted by Gasteiger charge is -2.23. The Morgan fingerprint density at radius 3 is 2.12 bits per heavy atom. The average Bonchev–Trinajstić information content (AvgIpc) is 2.58. The number of anilines is 3. The Bertz CT molecular complexity index is 663. The zero-order valence-corrected chi connectivity index (χ0v) is 15.0. The number of carbonyl (C=O) groups is 1. The van der Waals surface area contributed by atoms with Gasteiger partial charge in [-0.1, -0.05) is 12.1 Å². The van der Waals surface area contributed by atoms with Crippen molar-refractivity contribution >= 4 is 23.1 Å². The molecule has 0 fully saturated rings. The van der Waals surface area contributed by atoms with Crippen molar-refractivity contribution in [2.75, 3.05) is 34.8 Å². The second-order valence-corrected chi connectivity index (χ2v) is 5.73. The van der Waals surface area contributed by atoms with Crippen LogP contribution in [0.25, 0.3) is 0 Å². The van der Waals surface area contributed by atoms with E-state index in [9.17, 15) is 4.79 Å². The third-order valence-electron chi connectivity index (χ3n) is 4.12. The van der Waals surface area contributed by atoms with Crippen LogP contribution in [-0.4, -0.2) is 25.7 Å². The summed E-state index contributed by atoms with van der Waals surface area (Å²) in [6.07, 6.45) is 0. The lowest BCUT2D eigenvalue weighted by Crippen LogP contribution is -2.34. The molecular weight excluding hydrogens is 298 g/mol. The highest BCUT2D eigenvalue weighted by atomic mass is 16.2. The summed E-state index contributed by atoms with van der Waals surface area (Å²) in [7, 11) is 0. The van der Waals surface area contributed by atoms with E-state index in [0.29, 0.717) is 6.54 Å². The highest BCUT2D eigenvalue weighted by molar-refractivity contribution is 6.01. The van der Waals surface area contributed by atoms with Crippen LogP contribution in [0.3, 0.4) is 0 Å². The molecule has 128 valence electrons. The summed E-state index contributed by atoms with van der Waals surface area (Å²) in [5.41, 5.74) is 4.03. The van der Waals surface area contributed by atoms with Gasteiger partial charge in [0, 0.05) is 36.7 Å². The minimum Gasteiger partial charge on any atom is -0.372 e. The van der Waals surface area contributed by atoms with Crippen molar-refractivity contribution in [3.05, 3.63) is 54.1 Å². The summed E-state index contributed by atoms with van der Waals surface area (Å²) >= 11 is 0. The number of urea groups is 1. The van der Waals surface area contributed by atoms with Gasteiger partial charge in [-0.2, -0.15) is 0 Å². The number of benzene rings is 2. The monoisotopic (exact) mass is 325 g/mol. The molecule has 0 bridgehead atoms. The molecule has 24 heavy (non-hydrogen) atoms. The molecule has 0 saturated heterocycles. The molecule has 0 atom stereocenters. The van der Waals surface area contributed by atoms with Crippen LogP contribution in [0.15, 0.2) is 48.5 Å². The summed E-state index contributed by atoms with van der Waals surface area (Å²) in [5, 5.41) is 2.98. The van der Waals surface area contributed by atoms with Gasteiger partial charge in [0.1, 0.15) is 0 Å². The zero-order chi connectivity index (χ0) is 17.5. The third-order valence-corrected chi connectivity index (χ3v) is 4.12. The van der Waals surface area contributed by atoms with Crippen molar-refractivity contribution in [1.29, 1.82) is 0 Å². The number of hydrogen-bond donors (Lipinski definition) is 1. The Morgan fingerprint density at radius 1 is 0.917 bits per heavy atom. The van der Waals surface area contributed by atoms with Crippen LogP contribution in [0, 0.1) is 6.92 Å². The average molecular weight is 325 g/mol. The van der Waals surface area contributed by atoms with Crippen molar-refractivity contribution < 1.29 is 4.79 Å². The summed E-state index contributed by atoms with van der Waals surface area (Å²) in [6, 6.07) is 15.9. The second kappa shape index (κ2) is 8.39. The number of hydrogen-bond acceptors (Lipinski definition) is 2. The van der Waals surface area contributed by atoms with Crippen molar-refractivity contribution in [1.82, 2.24) is 0 Å². The summed E-state index contributed by atoms with van der Waals surface area (Å²) in [5.74, 6) is 0. The summed E-state index contributed by atoms with van der Waals surface area (Å²) < 4.78 is 0. The fourth-order valence-electron chi connectivity index (χ4n) is 2.77. The third kappa shape index (κ3) is 4.28. The van der Waals surface area contributed by atoms with Crippen molar-refractivity contribution in [2.45, 2.75) is 27.7 Å². The molecule has 2 aromatic carbocycles. The molecule has 0 aliphatic rings. The highest BCUT2D eigenvalue weighted by Crippen LogP contribution is 2.20.